The number of halogens is 1. The highest BCUT2D eigenvalue weighted by Crippen LogP contribution is 2.37. The molecule has 0 fully saturated rings. The van der Waals surface area contributed by atoms with E-state index in [1.807, 2.05) is 19.1 Å². The van der Waals surface area contributed by atoms with Gasteiger partial charge >= 0.3 is 0 Å². The van der Waals surface area contributed by atoms with Crippen LogP contribution in [-0.4, -0.2) is 12.5 Å². The Kier molecular flexibility index (Phi) is 3.19. The van der Waals surface area contributed by atoms with Crippen molar-refractivity contribution >= 4 is 27.5 Å². The number of benzene rings is 1. The number of amides is 1. The van der Waals surface area contributed by atoms with Crippen molar-refractivity contribution in [2.45, 2.75) is 20.3 Å². The first-order chi connectivity index (χ1) is 7.61. The van der Waals surface area contributed by atoms with Crippen molar-refractivity contribution in [3.63, 3.8) is 0 Å². The highest BCUT2D eigenvalue weighted by molar-refractivity contribution is 9.10. The molecule has 0 bridgehead atoms. The molecule has 1 aliphatic heterocycles. The first kappa shape index (κ1) is 11.5. The Balaban J connectivity index is 2.45. The zero-order valence-corrected chi connectivity index (χ0v) is 10.9. The zero-order chi connectivity index (χ0) is 11.7. The van der Waals surface area contributed by atoms with Gasteiger partial charge in [-0.3, -0.25) is 4.79 Å². The molecule has 2 rings (SSSR count). The Morgan fingerprint density at radius 3 is 3.00 bits per heavy atom. The maximum absolute atomic E-state index is 11.7. The Morgan fingerprint density at radius 2 is 2.31 bits per heavy atom. The summed E-state index contributed by atoms with van der Waals surface area (Å²) in [4.78, 5) is 11.7. The molecule has 1 heterocycles. The van der Waals surface area contributed by atoms with Gasteiger partial charge in [-0.15, -0.1) is 0 Å². The summed E-state index contributed by atoms with van der Waals surface area (Å²) in [5, 5.41) is 2.89. The molecule has 1 aromatic carbocycles. The van der Waals surface area contributed by atoms with Crippen molar-refractivity contribution in [1.82, 2.24) is 0 Å². The fourth-order valence-electron chi connectivity index (χ4n) is 1.63. The maximum atomic E-state index is 11.7. The third-order valence-corrected chi connectivity index (χ3v) is 3.28. The Labute approximate surface area is 103 Å². The number of aryl methyl sites for hydroxylation is 1. The molecule has 0 aromatic heterocycles. The number of hydrogen-bond donors (Lipinski definition) is 1. The molecule has 1 N–H and O–H groups in total. The lowest BCUT2D eigenvalue weighted by Crippen LogP contribution is -2.22. The monoisotopic (exact) mass is 283 g/mol. The number of carbonyl (C=O) groups excluding carboxylic acids is 1. The van der Waals surface area contributed by atoms with Gasteiger partial charge in [0, 0.05) is 0 Å². The summed E-state index contributed by atoms with van der Waals surface area (Å²) in [6.07, 6.45) is 0.928. The molecule has 0 saturated carbocycles. The van der Waals surface area contributed by atoms with Gasteiger partial charge in [0.25, 0.3) is 0 Å². The summed E-state index contributed by atoms with van der Waals surface area (Å²) in [7, 11) is 0. The van der Waals surface area contributed by atoms with Crippen LogP contribution in [0.25, 0.3) is 0 Å². The molecular weight excluding hydrogens is 270 g/mol. The predicted molar refractivity (Wildman–Crippen MR) is 66.8 cm³/mol. The predicted octanol–water partition coefficient (Wildman–Crippen LogP) is 2.98. The number of nitrogens with one attached hydrogen (secondary N) is 1. The molecular formula is C12H14BrNO2. The lowest BCUT2D eigenvalue weighted by molar-refractivity contribution is -0.119. The summed E-state index contributed by atoms with van der Waals surface area (Å²) in [6.45, 7) is 4.36. The first-order valence-electron chi connectivity index (χ1n) is 5.38. The molecule has 1 atom stereocenters. The summed E-state index contributed by atoms with van der Waals surface area (Å²) in [6, 6.07) is 4.00. The minimum absolute atomic E-state index is 0.0129. The SMILES string of the molecule is CCc1cc(Br)c2c(c1)NC(=O)C(C)CO2. The number of carbonyl (C=O) groups is 1. The Bertz CT molecular complexity index is 431. The van der Waals surface area contributed by atoms with Gasteiger partial charge in [-0.2, -0.15) is 0 Å². The van der Waals surface area contributed by atoms with E-state index in [1.165, 1.54) is 5.56 Å². The van der Waals surface area contributed by atoms with Gasteiger partial charge in [-0.1, -0.05) is 13.8 Å². The van der Waals surface area contributed by atoms with E-state index in [0.29, 0.717) is 6.61 Å². The van der Waals surface area contributed by atoms with E-state index in [4.69, 9.17) is 4.74 Å². The molecule has 0 radical (unpaired) electrons. The molecule has 0 aliphatic carbocycles. The smallest absolute Gasteiger partial charge is 0.230 e. The van der Waals surface area contributed by atoms with Crippen molar-refractivity contribution in [3.05, 3.63) is 22.2 Å². The number of fused-ring (bicyclic) bond motifs is 1. The van der Waals surface area contributed by atoms with Crippen molar-refractivity contribution in [3.8, 4) is 5.75 Å². The number of ether oxygens (including phenoxy) is 1. The average Bonchev–Trinajstić information content (AvgIpc) is 2.39. The lowest BCUT2D eigenvalue weighted by Gasteiger charge is -2.11. The van der Waals surface area contributed by atoms with Crippen LogP contribution in [0.4, 0.5) is 5.69 Å². The second kappa shape index (κ2) is 4.45. The summed E-state index contributed by atoms with van der Waals surface area (Å²) in [5.74, 6) is 0.623. The van der Waals surface area contributed by atoms with E-state index in [2.05, 4.69) is 28.2 Å². The normalized spacial score (nSPS) is 19.4. The van der Waals surface area contributed by atoms with Crippen molar-refractivity contribution in [1.29, 1.82) is 0 Å². The maximum Gasteiger partial charge on any atom is 0.230 e. The average molecular weight is 284 g/mol. The van der Waals surface area contributed by atoms with Crippen LogP contribution >= 0.6 is 15.9 Å². The largest absolute Gasteiger partial charge is 0.489 e. The molecule has 1 amide bonds. The quantitative estimate of drug-likeness (QED) is 0.861. The van der Waals surface area contributed by atoms with Crippen LogP contribution in [0, 0.1) is 5.92 Å². The third kappa shape index (κ3) is 2.07. The van der Waals surface area contributed by atoms with Crippen LogP contribution in [0.3, 0.4) is 0 Å². The standard InChI is InChI=1S/C12H14BrNO2/c1-3-8-4-9(13)11-10(5-8)14-12(15)7(2)6-16-11/h4-5,7H,3,6H2,1-2H3,(H,14,15). The van der Waals surface area contributed by atoms with E-state index in [1.54, 1.807) is 0 Å². The van der Waals surface area contributed by atoms with Gasteiger partial charge in [0.15, 0.2) is 5.75 Å². The molecule has 1 unspecified atom stereocenters. The Morgan fingerprint density at radius 1 is 1.56 bits per heavy atom. The van der Waals surface area contributed by atoms with Crippen LogP contribution < -0.4 is 10.1 Å². The van der Waals surface area contributed by atoms with Gasteiger partial charge in [-0.25, -0.2) is 0 Å². The van der Waals surface area contributed by atoms with Crippen LogP contribution in [0.2, 0.25) is 0 Å². The molecule has 3 nitrogen and oxygen atoms in total. The van der Waals surface area contributed by atoms with E-state index in [9.17, 15) is 4.79 Å². The molecule has 1 aliphatic rings. The van der Waals surface area contributed by atoms with Crippen LogP contribution in [0.15, 0.2) is 16.6 Å². The highest BCUT2D eigenvalue weighted by Gasteiger charge is 2.22. The third-order valence-electron chi connectivity index (χ3n) is 2.69. The lowest BCUT2D eigenvalue weighted by atomic mass is 10.1. The van der Waals surface area contributed by atoms with Gasteiger partial charge in [0.2, 0.25) is 5.91 Å². The molecule has 0 saturated heterocycles. The number of rotatable bonds is 1. The minimum atomic E-state index is -0.121. The van der Waals surface area contributed by atoms with Crippen molar-refractivity contribution in [2.24, 2.45) is 5.92 Å². The fourth-order valence-corrected chi connectivity index (χ4v) is 2.26. The van der Waals surface area contributed by atoms with Crippen LogP contribution in [0.5, 0.6) is 5.75 Å². The Hall–Kier alpha value is -1.03. The van der Waals surface area contributed by atoms with E-state index in [0.717, 1.165) is 22.3 Å². The fraction of sp³-hybridized carbons (Fsp3) is 0.417. The van der Waals surface area contributed by atoms with E-state index >= 15 is 0 Å². The first-order valence-corrected chi connectivity index (χ1v) is 6.17. The molecule has 0 spiro atoms. The zero-order valence-electron chi connectivity index (χ0n) is 9.34. The summed E-state index contributed by atoms with van der Waals surface area (Å²) in [5.41, 5.74) is 1.93. The van der Waals surface area contributed by atoms with Gasteiger partial charge in [0.05, 0.1) is 22.7 Å². The highest BCUT2D eigenvalue weighted by atomic mass is 79.9. The number of hydrogen-bond acceptors (Lipinski definition) is 2. The van der Waals surface area contributed by atoms with E-state index < -0.39 is 0 Å². The number of anilines is 1. The van der Waals surface area contributed by atoms with Crippen molar-refractivity contribution < 1.29 is 9.53 Å². The second-order valence-electron chi connectivity index (χ2n) is 4.01. The van der Waals surface area contributed by atoms with Crippen molar-refractivity contribution in [2.75, 3.05) is 11.9 Å². The van der Waals surface area contributed by atoms with Crippen LogP contribution in [-0.2, 0) is 11.2 Å². The summed E-state index contributed by atoms with van der Waals surface area (Å²) >= 11 is 3.47. The van der Waals surface area contributed by atoms with E-state index in [-0.39, 0.29) is 11.8 Å². The minimum Gasteiger partial charge on any atom is -0.489 e. The van der Waals surface area contributed by atoms with Gasteiger partial charge in [0.1, 0.15) is 0 Å². The molecule has 4 heteroatoms. The van der Waals surface area contributed by atoms with Gasteiger partial charge < -0.3 is 10.1 Å². The molecule has 1 aromatic rings. The molecule has 16 heavy (non-hydrogen) atoms. The topological polar surface area (TPSA) is 38.3 Å². The van der Waals surface area contributed by atoms with Crippen LogP contribution in [0.1, 0.15) is 19.4 Å². The second-order valence-corrected chi connectivity index (χ2v) is 4.86. The van der Waals surface area contributed by atoms with Gasteiger partial charge in [-0.05, 0) is 40.0 Å². The summed E-state index contributed by atoms with van der Waals surface area (Å²) < 4.78 is 6.53. The molecule has 86 valence electrons.